The topological polar surface area (TPSA) is 111 Å². The minimum atomic E-state index is -4.45. The molecule has 0 bridgehead atoms. The number of allylic oxidation sites excluding steroid dienone is 13. The van der Waals surface area contributed by atoms with E-state index in [0.717, 1.165) is 109 Å². The summed E-state index contributed by atoms with van der Waals surface area (Å²) in [5.74, 6) is -0.509. The van der Waals surface area contributed by atoms with Crippen LogP contribution in [0.1, 0.15) is 297 Å². The monoisotopic (exact) mass is 1140 g/mol. The van der Waals surface area contributed by atoms with E-state index in [1.54, 1.807) is 0 Å². The van der Waals surface area contributed by atoms with Gasteiger partial charge in [0, 0.05) is 12.8 Å². The Bertz CT molecular complexity index is 1640. The highest BCUT2D eigenvalue weighted by atomic mass is 31.2. The summed E-state index contributed by atoms with van der Waals surface area (Å²) in [5.41, 5.74) is 0. The van der Waals surface area contributed by atoms with E-state index >= 15 is 0 Å². The number of esters is 1. The van der Waals surface area contributed by atoms with E-state index in [0.29, 0.717) is 17.4 Å². The summed E-state index contributed by atoms with van der Waals surface area (Å²) < 4.78 is 30.7. The molecule has 0 rings (SSSR count). The first kappa shape index (κ1) is 77.2. The van der Waals surface area contributed by atoms with Crippen LogP contribution in [0.2, 0.25) is 0 Å². The van der Waals surface area contributed by atoms with E-state index < -0.39 is 20.0 Å². The summed E-state index contributed by atoms with van der Waals surface area (Å²) in [4.78, 5) is 37.8. The molecule has 0 aliphatic rings. The number of carbonyl (C=O) groups excluding carboxylic acids is 2. The van der Waals surface area contributed by atoms with E-state index in [2.05, 4.69) is 99.0 Å². The van der Waals surface area contributed by atoms with Gasteiger partial charge in [0.05, 0.1) is 33.8 Å². The van der Waals surface area contributed by atoms with Crippen LogP contribution in [-0.2, 0) is 27.9 Å². The third kappa shape index (κ3) is 59.8. The Morgan fingerprint density at radius 3 is 1.20 bits per heavy atom. The average molecular weight is 1140 g/mol. The van der Waals surface area contributed by atoms with Crippen LogP contribution in [0.15, 0.2) is 85.1 Å². The fraction of sp³-hybridized carbons (Fsp3) is 0.771. The van der Waals surface area contributed by atoms with Crippen LogP contribution in [0, 0.1) is 0 Å². The SMILES string of the molecule is CC/C=C\C/C=C\C/C=C\C/C=C\C/C=C\C/C=C\CCCCCCCCCCC(=O)OC(/C=C\CCCCCCCCCCC)C(COP(=O)(O)OCC[N+](C)(C)C)NC(=O)CCCCCCCCCCCCCCCCCC. The predicted molar refractivity (Wildman–Crippen MR) is 346 cm³/mol. The molecule has 9 nitrogen and oxygen atoms in total. The molecule has 2 N–H and O–H groups in total. The number of carbonyl (C=O) groups is 2. The zero-order valence-electron chi connectivity index (χ0n) is 53.1. The van der Waals surface area contributed by atoms with Gasteiger partial charge in [0.25, 0.3) is 0 Å². The number of rotatable bonds is 60. The van der Waals surface area contributed by atoms with Gasteiger partial charge in [-0.1, -0.05) is 286 Å². The number of unbranched alkanes of at least 4 members (excludes halogenated alkanes) is 32. The average Bonchev–Trinajstić information content (AvgIpc) is 3.43. The normalized spacial score (nSPS) is 14.1. The zero-order chi connectivity index (χ0) is 58.6. The van der Waals surface area contributed by atoms with Gasteiger partial charge in [-0.05, 0) is 83.1 Å². The Balaban J connectivity index is 5.08. The summed E-state index contributed by atoms with van der Waals surface area (Å²) in [6, 6.07) is -0.853. The van der Waals surface area contributed by atoms with Crippen molar-refractivity contribution in [2.45, 2.75) is 309 Å². The Kier molecular flexibility index (Phi) is 57.3. The van der Waals surface area contributed by atoms with Crippen LogP contribution in [-0.4, -0.2) is 74.3 Å². The van der Waals surface area contributed by atoms with E-state index in [9.17, 15) is 19.0 Å². The lowest BCUT2D eigenvalue weighted by Gasteiger charge is -2.27. The lowest BCUT2D eigenvalue weighted by molar-refractivity contribution is -0.870. The molecule has 0 aliphatic heterocycles. The van der Waals surface area contributed by atoms with Crippen molar-refractivity contribution in [2.24, 2.45) is 0 Å². The first-order valence-electron chi connectivity index (χ1n) is 33.4. The highest BCUT2D eigenvalue weighted by Gasteiger charge is 2.30. The van der Waals surface area contributed by atoms with Gasteiger partial charge < -0.3 is 19.4 Å². The maximum Gasteiger partial charge on any atom is 0.472 e. The maximum atomic E-state index is 13.6. The second-order valence-corrected chi connectivity index (χ2v) is 25.1. The van der Waals surface area contributed by atoms with Crippen molar-refractivity contribution in [1.82, 2.24) is 5.32 Å². The first-order valence-corrected chi connectivity index (χ1v) is 34.9. The number of amides is 1. The van der Waals surface area contributed by atoms with Gasteiger partial charge in [-0.3, -0.25) is 18.6 Å². The molecule has 3 unspecified atom stereocenters. The number of likely N-dealkylation sites (N-methyl/N-ethyl adjacent to an activating group) is 1. The van der Waals surface area contributed by atoms with Crippen molar-refractivity contribution >= 4 is 19.7 Å². The first-order chi connectivity index (χ1) is 38.9. The molecule has 10 heteroatoms. The van der Waals surface area contributed by atoms with E-state index in [-0.39, 0.29) is 31.5 Å². The third-order valence-corrected chi connectivity index (χ3v) is 15.6. The van der Waals surface area contributed by atoms with Crippen molar-refractivity contribution in [3.8, 4) is 0 Å². The number of nitrogens with one attached hydrogen (secondary N) is 1. The molecular weight excluding hydrogens is 1010 g/mol. The van der Waals surface area contributed by atoms with Crippen LogP contribution >= 0.6 is 7.82 Å². The summed E-state index contributed by atoms with van der Waals surface area (Å²) in [7, 11) is 1.49. The largest absolute Gasteiger partial charge is 0.472 e. The lowest BCUT2D eigenvalue weighted by Crippen LogP contribution is -2.47. The molecule has 1 amide bonds. The molecule has 0 aromatic carbocycles. The van der Waals surface area contributed by atoms with Crippen molar-refractivity contribution in [2.75, 3.05) is 40.9 Å². The number of ether oxygens (including phenoxy) is 1. The summed E-state index contributed by atoms with van der Waals surface area (Å²) in [6.07, 6.45) is 78.7. The van der Waals surface area contributed by atoms with Crippen molar-refractivity contribution < 1.29 is 37.3 Å². The summed E-state index contributed by atoms with van der Waals surface area (Å²) in [6.45, 7) is 6.91. The second kappa shape index (κ2) is 59.4. The number of phosphoric acid groups is 1. The van der Waals surface area contributed by atoms with Crippen LogP contribution in [0.3, 0.4) is 0 Å². The van der Waals surface area contributed by atoms with Crippen molar-refractivity contribution in [3.05, 3.63) is 85.1 Å². The smallest absolute Gasteiger partial charge is 0.456 e. The van der Waals surface area contributed by atoms with E-state index in [1.165, 1.54) is 154 Å². The highest BCUT2D eigenvalue weighted by molar-refractivity contribution is 7.47. The zero-order valence-corrected chi connectivity index (χ0v) is 54.0. The molecule has 0 radical (unpaired) electrons. The molecule has 80 heavy (non-hydrogen) atoms. The maximum absolute atomic E-state index is 13.6. The predicted octanol–water partition coefficient (Wildman–Crippen LogP) is 21.0. The molecule has 464 valence electrons. The quantitative estimate of drug-likeness (QED) is 0.0205. The van der Waals surface area contributed by atoms with Gasteiger partial charge in [0.15, 0.2) is 0 Å². The van der Waals surface area contributed by atoms with Crippen LogP contribution in [0.4, 0.5) is 0 Å². The molecule has 0 spiro atoms. The van der Waals surface area contributed by atoms with E-state index in [4.69, 9.17) is 13.8 Å². The molecule has 0 saturated carbocycles. The van der Waals surface area contributed by atoms with Gasteiger partial charge in [0.1, 0.15) is 19.3 Å². The Labute approximate surface area is 495 Å². The molecule has 0 heterocycles. The van der Waals surface area contributed by atoms with Gasteiger partial charge in [-0.25, -0.2) is 4.57 Å². The van der Waals surface area contributed by atoms with Crippen molar-refractivity contribution in [3.63, 3.8) is 0 Å². The van der Waals surface area contributed by atoms with Crippen molar-refractivity contribution in [1.29, 1.82) is 0 Å². The number of hydrogen-bond donors (Lipinski definition) is 2. The number of phosphoric ester groups is 1. The molecule has 0 aromatic heterocycles. The van der Waals surface area contributed by atoms with Gasteiger partial charge in [-0.15, -0.1) is 0 Å². The van der Waals surface area contributed by atoms with Gasteiger partial charge in [-0.2, -0.15) is 0 Å². The molecule has 3 atom stereocenters. The minimum Gasteiger partial charge on any atom is -0.456 e. The Hall–Kier alpha value is -2.81. The molecular formula is C70H128N2O7P+. The standard InChI is InChI=1S/C70H127N2O7P/c1-7-10-13-16-19-22-25-27-29-31-32-33-34-35-36-37-38-39-40-41-43-45-48-51-54-57-60-63-70(74)79-68(61-58-55-52-49-46-24-21-18-15-12-9-3)67(66-78-80(75,76)77-65-64-72(4,5)6)71-69(73)62-59-56-53-50-47-44-42-30-28-26-23-20-17-14-11-8-2/h10,13,19,22,27,29,32-33,35-36,38-39,58,61,67-68H,7-9,11-12,14-18,20-21,23-26,28,30-31,34,37,40-57,59-60,62-66H2,1-6H3,(H-,71,73,75,76)/p+1/b13-10-,22-19-,29-27-,33-32-,36-35-,39-38-,61-58-. The number of quaternary nitrogens is 1. The highest BCUT2D eigenvalue weighted by Crippen LogP contribution is 2.43. The van der Waals surface area contributed by atoms with Crippen LogP contribution in [0.25, 0.3) is 0 Å². The second-order valence-electron chi connectivity index (χ2n) is 23.6. The molecule has 0 aliphatic carbocycles. The van der Waals surface area contributed by atoms with Gasteiger partial charge in [0.2, 0.25) is 5.91 Å². The van der Waals surface area contributed by atoms with Gasteiger partial charge >= 0.3 is 13.8 Å². The number of nitrogens with zero attached hydrogens (tertiary/aromatic N) is 1. The third-order valence-electron chi connectivity index (χ3n) is 14.6. The Morgan fingerprint density at radius 2 is 0.800 bits per heavy atom. The summed E-state index contributed by atoms with van der Waals surface area (Å²) >= 11 is 0. The van der Waals surface area contributed by atoms with E-state index in [1.807, 2.05) is 33.3 Å². The van der Waals surface area contributed by atoms with Crippen LogP contribution in [0.5, 0.6) is 0 Å². The van der Waals surface area contributed by atoms with Crippen LogP contribution < -0.4 is 5.32 Å². The number of hydrogen-bond acceptors (Lipinski definition) is 6. The fourth-order valence-electron chi connectivity index (χ4n) is 9.47. The minimum absolute atomic E-state index is 0.0374. The lowest BCUT2D eigenvalue weighted by atomic mass is 10.0. The summed E-state index contributed by atoms with van der Waals surface area (Å²) in [5, 5.41) is 3.06. The fourth-order valence-corrected chi connectivity index (χ4v) is 10.2. The Morgan fingerprint density at radius 1 is 0.450 bits per heavy atom. The molecule has 0 saturated heterocycles. The molecule has 0 fully saturated rings. The molecule has 0 aromatic rings.